The standard InChI is InChI=1S/C10H12FNO3/c1-6(11)7-2-3-8(9(13)4-7)12-5-10(14)15/h2-4,6,12-13H,5H2,1H3,(H,14,15). The van der Waals surface area contributed by atoms with Crippen molar-refractivity contribution in [3.63, 3.8) is 0 Å². The fourth-order valence-corrected chi connectivity index (χ4v) is 1.12. The Morgan fingerprint density at radius 2 is 2.27 bits per heavy atom. The van der Waals surface area contributed by atoms with Crippen LogP contribution in [-0.4, -0.2) is 22.7 Å². The van der Waals surface area contributed by atoms with Crippen LogP contribution < -0.4 is 5.32 Å². The van der Waals surface area contributed by atoms with E-state index in [1.54, 1.807) is 0 Å². The van der Waals surface area contributed by atoms with E-state index in [0.717, 1.165) is 0 Å². The molecular weight excluding hydrogens is 201 g/mol. The van der Waals surface area contributed by atoms with Crippen molar-refractivity contribution in [1.82, 2.24) is 0 Å². The van der Waals surface area contributed by atoms with Crippen molar-refractivity contribution in [2.45, 2.75) is 13.1 Å². The number of hydrogen-bond acceptors (Lipinski definition) is 3. The minimum absolute atomic E-state index is 0.154. The van der Waals surface area contributed by atoms with Gasteiger partial charge in [-0.3, -0.25) is 4.79 Å². The predicted octanol–water partition coefficient (Wildman–Crippen LogP) is 1.92. The SMILES string of the molecule is CC(F)c1ccc(NCC(=O)O)c(O)c1. The Morgan fingerprint density at radius 3 is 2.73 bits per heavy atom. The summed E-state index contributed by atoms with van der Waals surface area (Å²) in [6.45, 7) is 1.07. The zero-order valence-corrected chi connectivity index (χ0v) is 8.20. The molecule has 0 radical (unpaired) electrons. The normalized spacial score (nSPS) is 12.1. The number of phenols is 1. The molecule has 0 amide bonds. The fraction of sp³-hybridized carbons (Fsp3) is 0.300. The molecule has 0 fully saturated rings. The Balaban J connectivity index is 2.79. The van der Waals surface area contributed by atoms with Crippen LogP contribution in [0, 0.1) is 0 Å². The van der Waals surface area contributed by atoms with Crippen molar-refractivity contribution in [1.29, 1.82) is 0 Å². The average molecular weight is 213 g/mol. The Bertz CT molecular complexity index is 366. The lowest BCUT2D eigenvalue weighted by Gasteiger charge is -2.08. The Labute approximate surface area is 86.4 Å². The van der Waals surface area contributed by atoms with Gasteiger partial charge in [0, 0.05) is 0 Å². The number of halogens is 1. The van der Waals surface area contributed by atoms with E-state index in [1.807, 2.05) is 0 Å². The van der Waals surface area contributed by atoms with E-state index in [1.165, 1.54) is 25.1 Å². The molecule has 0 aliphatic carbocycles. The average Bonchev–Trinajstić information content (AvgIpc) is 2.15. The molecule has 5 heteroatoms. The fourth-order valence-electron chi connectivity index (χ4n) is 1.12. The van der Waals surface area contributed by atoms with E-state index in [2.05, 4.69) is 5.32 Å². The molecule has 0 aromatic heterocycles. The molecule has 0 saturated carbocycles. The lowest BCUT2D eigenvalue weighted by molar-refractivity contribution is -0.134. The van der Waals surface area contributed by atoms with Gasteiger partial charge < -0.3 is 15.5 Å². The summed E-state index contributed by atoms with van der Waals surface area (Å²) in [6.07, 6.45) is -1.16. The molecule has 3 N–H and O–H groups in total. The predicted molar refractivity (Wildman–Crippen MR) is 53.8 cm³/mol. The van der Waals surface area contributed by atoms with Crippen LogP contribution in [0.1, 0.15) is 18.7 Å². The molecule has 0 aliphatic heterocycles. The summed E-state index contributed by atoms with van der Waals surface area (Å²) in [5.41, 5.74) is 0.634. The van der Waals surface area contributed by atoms with Crippen LogP contribution in [0.3, 0.4) is 0 Å². The van der Waals surface area contributed by atoms with Crippen LogP contribution in [0.25, 0.3) is 0 Å². The summed E-state index contributed by atoms with van der Waals surface area (Å²) in [5.74, 6) is -1.18. The van der Waals surface area contributed by atoms with Gasteiger partial charge in [-0.05, 0) is 24.6 Å². The van der Waals surface area contributed by atoms with E-state index in [4.69, 9.17) is 5.11 Å². The highest BCUT2D eigenvalue weighted by molar-refractivity contribution is 5.74. The van der Waals surface area contributed by atoms with Gasteiger partial charge >= 0.3 is 5.97 Å². The molecule has 0 spiro atoms. The first-order valence-electron chi connectivity index (χ1n) is 4.43. The van der Waals surface area contributed by atoms with Crippen molar-refractivity contribution >= 4 is 11.7 Å². The zero-order valence-electron chi connectivity index (χ0n) is 8.20. The van der Waals surface area contributed by atoms with Gasteiger partial charge in [-0.15, -0.1) is 0 Å². The third-order valence-corrected chi connectivity index (χ3v) is 1.91. The first-order valence-corrected chi connectivity index (χ1v) is 4.43. The number of anilines is 1. The number of hydrogen-bond donors (Lipinski definition) is 3. The van der Waals surface area contributed by atoms with Crippen molar-refractivity contribution < 1.29 is 19.4 Å². The highest BCUT2D eigenvalue weighted by Crippen LogP contribution is 2.28. The number of carbonyl (C=O) groups is 1. The monoisotopic (exact) mass is 213 g/mol. The Kier molecular flexibility index (Phi) is 3.49. The quantitative estimate of drug-likeness (QED) is 0.668. The molecule has 1 unspecified atom stereocenters. The number of alkyl halides is 1. The van der Waals surface area contributed by atoms with E-state index < -0.39 is 12.1 Å². The van der Waals surface area contributed by atoms with Crippen molar-refractivity contribution in [2.75, 3.05) is 11.9 Å². The van der Waals surface area contributed by atoms with E-state index in [0.29, 0.717) is 5.56 Å². The Hall–Kier alpha value is -1.78. The van der Waals surface area contributed by atoms with Gasteiger partial charge in [0.15, 0.2) is 0 Å². The first-order chi connectivity index (χ1) is 7.00. The van der Waals surface area contributed by atoms with Gasteiger partial charge in [0.05, 0.1) is 5.69 Å². The highest BCUT2D eigenvalue weighted by Gasteiger charge is 2.07. The maximum absolute atomic E-state index is 12.8. The van der Waals surface area contributed by atoms with E-state index in [-0.39, 0.29) is 18.0 Å². The second-order valence-electron chi connectivity index (χ2n) is 3.14. The molecule has 82 valence electrons. The number of aliphatic carboxylic acids is 1. The molecule has 1 aromatic carbocycles. The van der Waals surface area contributed by atoms with Crippen LogP contribution in [0.15, 0.2) is 18.2 Å². The second kappa shape index (κ2) is 4.63. The third-order valence-electron chi connectivity index (χ3n) is 1.91. The smallest absolute Gasteiger partial charge is 0.322 e. The molecule has 0 heterocycles. The Morgan fingerprint density at radius 1 is 1.60 bits per heavy atom. The summed E-state index contributed by atoms with van der Waals surface area (Å²) in [4.78, 5) is 10.3. The molecule has 1 aromatic rings. The van der Waals surface area contributed by atoms with Gasteiger partial charge in [0.2, 0.25) is 0 Å². The summed E-state index contributed by atoms with van der Waals surface area (Å²) in [7, 11) is 0. The molecule has 0 saturated heterocycles. The lowest BCUT2D eigenvalue weighted by Crippen LogP contribution is -2.12. The second-order valence-corrected chi connectivity index (χ2v) is 3.14. The molecular formula is C10H12FNO3. The number of carboxylic acid groups (broad SMARTS) is 1. The molecule has 1 atom stereocenters. The number of phenolic OH excluding ortho intramolecular Hbond substituents is 1. The minimum Gasteiger partial charge on any atom is -0.506 e. The molecule has 1 rings (SSSR count). The topological polar surface area (TPSA) is 69.6 Å². The van der Waals surface area contributed by atoms with Gasteiger partial charge in [-0.25, -0.2) is 4.39 Å². The van der Waals surface area contributed by atoms with E-state index in [9.17, 15) is 14.3 Å². The number of rotatable bonds is 4. The summed E-state index contributed by atoms with van der Waals surface area (Å²) in [6, 6.07) is 4.22. The van der Waals surface area contributed by atoms with Gasteiger partial charge in [-0.1, -0.05) is 6.07 Å². The van der Waals surface area contributed by atoms with Crippen molar-refractivity contribution in [3.05, 3.63) is 23.8 Å². The van der Waals surface area contributed by atoms with Gasteiger partial charge in [0.1, 0.15) is 18.5 Å². The summed E-state index contributed by atoms with van der Waals surface area (Å²) < 4.78 is 12.8. The molecule has 15 heavy (non-hydrogen) atoms. The largest absolute Gasteiger partial charge is 0.506 e. The van der Waals surface area contributed by atoms with Crippen molar-refractivity contribution in [2.24, 2.45) is 0 Å². The number of benzene rings is 1. The first kappa shape index (κ1) is 11.3. The highest BCUT2D eigenvalue weighted by atomic mass is 19.1. The van der Waals surface area contributed by atoms with Crippen molar-refractivity contribution in [3.8, 4) is 5.75 Å². The summed E-state index contributed by atoms with van der Waals surface area (Å²) in [5, 5.41) is 20.3. The lowest BCUT2D eigenvalue weighted by atomic mass is 10.1. The maximum Gasteiger partial charge on any atom is 0.322 e. The number of aromatic hydroxyl groups is 1. The van der Waals surface area contributed by atoms with E-state index >= 15 is 0 Å². The third kappa shape index (κ3) is 3.12. The van der Waals surface area contributed by atoms with Crippen LogP contribution in [-0.2, 0) is 4.79 Å². The number of carboxylic acids is 1. The molecule has 0 aliphatic rings. The zero-order chi connectivity index (χ0) is 11.4. The molecule has 4 nitrogen and oxygen atoms in total. The van der Waals surface area contributed by atoms with Crippen LogP contribution >= 0.6 is 0 Å². The van der Waals surface area contributed by atoms with Crippen LogP contribution in [0.5, 0.6) is 5.75 Å². The molecule has 0 bridgehead atoms. The minimum atomic E-state index is -1.16. The van der Waals surface area contributed by atoms with Gasteiger partial charge in [-0.2, -0.15) is 0 Å². The van der Waals surface area contributed by atoms with Crippen LogP contribution in [0.4, 0.5) is 10.1 Å². The summed E-state index contributed by atoms with van der Waals surface area (Å²) >= 11 is 0. The number of nitrogens with one attached hydrogen (secondary N) is 1. The van der Waals surface area contributed by atoms with Gasteiger partial charge in [0.25, 0.3) is 0 Å². The van der Waals surface area contributed by atoms with Crippen LogP contribution in [0.2, 0.25) is 0 Å². The maximum atomic E-state index is 12.8.